The Morgan fingerprint density at radius 3 is 2.65 bits per heavy atom. The second-order valence-electron chi connectivity index (χ2n) is 5.96. The molecule has 3 aromatic rings. The van der Waals surface area contributed by atoms with E-state index < -0.39 is 0 Å². The highest BCUT2D eigenvalue weighted by Crippen LogP contribution is 2.42. The van der Waals surface area contributed by atoms with Gasteiger partial charge in [-0.05, 0) is 35.7 Å². The largest absolute Gasteiger partial charge is 0.507 e. The highest BCUT2D eigenvalue weighted by atomic mass is 16.6. The summed E-state index contributed by atoms with van der Waals surface area (Å²) in [5, 5.41) is 14.4. The fraction of sp³-hybridized carbons (Fsp3) is 0.250. The monoisotopic (exact) mass is 353 g/mol. The first-order valence-corrected chi connectivity index (χ1v) is 8.46. The highest BCUT2D eigenvalue weighted by molar-refractivity contribution is 5.83. The third-order valence-corrected chi connectivity index (χ3v) is 4.45. The number of aromatic nitrogens is 1. The Hall–Kier alpha value is -3.15. The summed E-state index contributed by atoms with van der Waals surface area (Å²) in [6.07, 6.45) is 2.40. The molecule has 26 heavy (non-hydrogen) atoms. The Bertz CT molecular complexity index is 947. The zero-order valence-corrected chi connectivity index (χ0v) is 14.6. The summed E-state index contributed by atoms with van der Waals surface area (Å²) in [7, 11) is 1.59. The molecule has 0 saturated heterocycles. The maximum absolute atomic E-state index is 10.5. The Labute approximate surface area is 150 Å². The lowest BCUT2D eigenvalue weighted by molar-refractivity contribution is 0.171. The van der Waals surface area contributed by atoms with E-state index in [1.165, 1.54) is 0 Å². The van der Waals surface area contributed by atoms with Gasteiger partial charge in [-0.3, -0.25) is 0 Å². The van der Waals surface area contributed by atoms with Crippen molar-refractivity contribution in [2.24, 2.45) is 0 Å². The molecule has 6 nitrogen and oxygen atoms in total. The Morgan fingerprint density at radius 2 is 1.88 bits per heavy atom. The first kappa shape index (κ1) is 16.3. The predicted molar refractivity (Wildman–Crippen MR) is 96.0 cm³/mol. The highest BCUT2D eigenvalue weighted by Gasteiger charge is 2.20. The van der Waals surface area contributed by atoms with Crippen molar-refractivity contribution >= 4 is 0 Å². The van der Waals surface area contributed by atoms with Crippen LogP contribution in [0.15, 0.2) is 41.1 Å². The van der Waals surface area contributed by atoms with Crippen molar-refractivity contribution in [3.8, 4) is 45.4 Å². The molecule has 2 aromatic carbocycles. The standard InChI is InChI=1S/C20H19NO5/c1-3-12-8-14(16(22)10-18(12)23-2)20-15(11-21-26-20)13-4-5-17-19(9-13)25-7-6-24-17/h4-5,8-11,22H,3,6-7H2,1-2H3. The van der Waals surface area contributed by atoms with E-state index >= 15 is 0 Å². The molecule has 0 bridgehead atoms. The van der Waals surface area contributed by atoms with Crippen LogP contribution >= 0.6 is 0 Å². The second-order valence-corrected chi connectivity index (χ2v) is 5.96. The molecular formula is C20H19NO5. The number of nitrogens with zero attached hydrogens (tertiary/aromatic N) is 1. The minimum Gasteiger partial charge on any atom is -0.507 e. The van der Waals surface area contributed by atoms with Crippen LogP contribution in [-0.4, -0.2) is 30.6 Å². The van der Waals surface area contributed by atoms with Gasteiger partial charge in [0.05, 0.1) is 18.9 Å². The average molecular weight is 353 g/mol. The van der Waals surface area contributed by atoms with E-state index in [0.717, 1.165) is 28.9 Å². The Balaban J connectivity index is 1.81. The fourth-order valence-corrected chi connectivity index (χ4v) is 3.11. The maximum Gasteiger partial charge on any atom is 0.178 e. The maximum atomic E-state index is 10.5. The van der Waals surface area contributed by atoms with E-state index in [-0.39, 0.29) is 5.75 Å². The van der Waals surface area contributed by atoms with E-state index in [1.54, 1.807) is 19.4 Å². The summed E-state index contributed by atoms with van der Waals surface area (Å²) in [6, 6.07) is 9.16. The number of hydrogen-bond donors (Lipinski definition) is 1. The smallest absolute Gasteiger partial charge is 0.178 e. The summed E-state index contributed by atoms with van der Waals surface area (Å²) in [6.45, 7) is 3.09. The van der Waals surface area contributed by atoms with Crippen LogP contribution in [0.3, 0.4) is 0 Å². The third kappa shape index (κ3) is 2.73. The number of methoxy groups -OCH3 is 1. The van der Waals surface area contributed by atoms with Crippen molar-refractivity contribution in [2.45, 2.75) is 13.3 Å². The van der Waals surface area contributed by atoms with Crippen LogP contribution in [0.4, 0.5) is 0 Å². The number of hydrogen-bond acceptors (Lipinski definition) is 6. The van der Waals surface area contributed by atoms with Gasteiger partial charge in [-0.15, -0.1) is 0 Å². The molecule has 0 amide bonds. The van der Waals surface area contributed by atoms with Crippen LogP contribution < -0.4 is 14.2 Å². The molecule has 0 unspecified atom stereocenters. The zero-order valence-electron chi connectivity index (χ0n) is 14.6. The van der Waals surface area contributed by atoms with E-state index in [9.17, 15) is 5.11 Å². The molecule has 2 heterocycles. The van der Waals surface area contributed by atoms with Gasteiger partial charge in [-0.25, -0.2) is 0 Å². The lowest BCUT2D eigenvalue weighted by Crippen LogP contribution is -2.15. The van der Waals surface area contributed by atoms with Crippen LogP contribution in [0, 0.1) is 0 Å². The molecule has 1 aliphatic heterocycles. The van der Waals surface area contributed by atoms with Gasteiger partial charge in [-0.2, -0.15) is 0 Å². The van der Waals surface area contributed by atoms with Crippen molar-refractivity contribution in [2.75, 3.05) is 20.3 Å². The van der Waals surface area contributed by atoms with Gasteiger partial charge in [0, 0.05) is 11.6 Å². The fourth-order valence-electron chi connectivity index (χ4n) is 3.11. The van der Waals surface area contributed by atoms with Crippen molar-refractivity contribution in [3.05, 3.63) is 42.1 Å². The molecule has 4 rings (SSSR count). The number of aryl methyl sites for hydroxylation is 1. The first-order valence-electron chi connectivity index (χ1n) is 8.46. The Kier molecular flexibility index (Phi) is 4.16. The molecule has 0 atom stereocenters. The van der Waals surface area contributed by atoms with Crippen molar-refractivity contribution in [3.63, 3.8) is 0 Å². The summed E-state index contributed by atoms with van der Waals surface area (Å²) < 4.78 is 22.0. The van der Waals surface area contributed by atoms with Crippen LogP contribution in [0.1, 0.15) is 12.5 Å². The van der Waals surface area contributed by atoms with Gasteiger partial charge in [-0.1, -0.05) is 18.1 Å². The van der Waals surface area contributed by atoms with Crippen molar-refractivity contribution in [1.82, 2.24) is 5.16 Å². The quantitative estimate of drug-likeness (QED) is 0.762. The average Bonchev–Trinajstić information content (AvgIpc) is 3.16. The molecule has 1 N–H and O–H groups in total. The van der Waals surface area contributed by atoms with E-state index in [0.29, 0.717) is 36.0 Å². The second kappa shape index (κ2) is 6.63. The molecule has 1 aromatic heterocycles. The summed E-state index contributed by atoms with van der Waals surface area (Å²) in [4.78, 5) is 0. The Morgan fingerprint density at radius 1 is 1.08 bits per heavy atom. The molecule has 0 saturated carbocycles. The number of phenolic OH excluding ortho intramolecular Hbond substituents is 1. The normalized spacial score (nSPS) is 12.8. The molecule has 0 radical (unpaired) electrons. The van der Waals surface area contributed by atoms with E-state index in [1.807, 2.05) is 31.2 Å². The van der Waals surface area contributed by atoms with Crippen molar-refractivity contribution in [1.29, 1.82) is 0 Å². The van der Waals surface area contributed by atoms with Gasteiger partial charge < -0.3 is 23.8 Å². The molecule has 0 spiro atoms. The summed E-state index contributed by atoms with van der Waals surface area (Å²) in [5.74, 6) is 2.63. The van der Waals surface area contributed by atoms with Crippen LogP contribution in [0.2, 0.25) is 0 Å². The van der Waals surface area contributed by atoms with Gasteiger partial charge in [0.15, 0.2) is 17.3 Å². The van der Waals surface area contributed by atoms with Crippen LogP contribution in [0.5, 0.6) is 23.0 Å². The topological polar surface area (TPSA) is 74.0 Å². The predicted octanol–water partition coefficient (Wildman–Crippen LogP) is 4.06. The number of phenols is 1. The molecule has 134 valence electrons. The van der Waals surface area contributed by atoms with Gasteiger partial charge in [0.1, 0.15) is 24.7 Å². The summed E-state index contributed by atoms with van der Waals surface area (Å²) >= 11 is 0. The summed E-state index contributed by atoms with van der Waals surface area (Å²) in [5.41, 5.74) is 3.19. The minimum atomic E-state index is 0.0783. The van der Waals surface area contributed by atoms with Crippen LogP contribution in [0.25, 0.3) is 22.5 Å². The molecule has 6 heteroatoms. The van der Waals surface area contributed by atoms with Gasteiger partial charge >= 0.3 is 0 Å². The van der Waals surface area contributed by atoms with E-state index in [2.05, 4.69) is 5.16 Å². The first-order chi connectivity index (χ1) is 12.7. The number of fused-ring (bicyclic) bond motifs is 1. The molecule has 0 aliphatic carbocycles. The number of benzene rings is 2. The number of rotatable bonds is 4. The molecule has 1 aliphatic rings. The van der Waals surface area contributed by atoms with Crippen LogP contribution in [-0.2, 0) is 6.42 Å². The lowest BCUT2D eigenvalue weighted by atomic mass is 9.98. The molecular weight excluding hydrogens is 334 g/mol. The van der Waals surface area contributed by atoms with Gasteiger partial charge in [0.25, 0.3) is 0 Å². The number of ether oxygens (including phenoxy) is 3. The minimum absolute atomic E-state index is 0.0783. The van der Waals surface area contributed by atoms with Gasteiger partial charge in [0.2, 0.25) is 0 Å². The lowest BCUT2D eigenvalue weighted by Gasteiger charge is -2.18. The zero-order chi connectivity index (χ0) is 18.1. The van der Waals surface area contributed by atoms with E-state index in [4.69, 9.17) is 18.7 Å². The third-order valence-electron chi connectivity index (χ3n) is 4.45. The SMILES string of the molecule is CCc1cc(-c2oncc2-c2ccc3c(c2)OCCO3)c(O)cc1OC. The number of aromatic hydroxyl groups is 1. The van der Waals surface area contributed by atoms with Crippen molar-refractivity contribution < 1.29 is 23.8 Å². The molecule has 0 fully saturated rings.